The van der Waals surface area contributed by atoms with Gasteiger partial charge in [0, 0.05) is 19.8 Å². The van der Waals surface area contributed by atoms with E-state index < -0.39 is 13.5 Å². The fourth-order valence-corrected chi connectivity index (χ4v) is 2.25. The molecule has 0 unspecified atom stereocenters. The monoisotopic (exact) mass is 229 g/mol. The van der Waals surface area contributed by atoms with E-state index in [1.165, 1.54) is 26.4 Å². The van der Waals surface area contributed by atoms with E-state index in [-0.39, 0.29) is 5.56 Å². The van der Waals surface area contributed by atoms with Crippen molar-refractivity contribution in [1.29, 1.82) is 0 Å². The third-order valence-corrected chi connectivity index (χ3v) is 3.80. The molecule has 0 saturated heterocycles. The Morgan fingerprint density at radius 2 is 1.93 bits per heavy atom. The maximum absolute atomic E-state index is 11.9. The average molecular weight is 229 g/mol. The average Bonchev–Trinajstić information content (AvgIpc) is 2.28. The van der Waals surface area contributed by atoms with Gasteiger partial charge in [0.05, 0.1) is 5.30 Å². The molecule has 0 radical (unpaired) electrons. The summed E-state index contributed by atoms with van der Waals surface area (Å²) in [6.45, 7) is 0. The van der Waals surface area contributed by atoms with Gasteiger partial charge in [-0.25, -0.2) is 0 Å². The van der Waals surface area contributed by atoms with Crippen molar-refractivity contribution in [2.75, 3.05) is 14.2 Å². The number of amides is 1. The highest BCUT2D eigenvalue weighted by Gasteiger charge is 2.24. The van der Waals surface area contributed by atoms with E-state index in [9.17, 15) is 9.36 Å². The third kappa shape index (κ3) is 2.45. The van der Waals surface area contributed by atoms with Crippen LogP contribution in [0.15, 0.2) is 24.3 Å². The van der Waals surface area contributed by atoms with Crippen molar-refractivity contribution in [2.45, 2.75) is 0 Å². The molecule has 0 fully saturated rings. The Labute approximate surface area is 87.7 Å². The summed E-state index contributed by atoms with van der Waals surface area (Å²) in [6, 6.07) is 6.05. The van der Waals surface area contributed by atoms with Crippen LogP contribution in [-0.2, 0) is 13.6 Å². The second-order valence-corrected chi connectivity index (χ2v) is 5.02. The summed E-state index contributed by atoms with van der Waals surface area (Å²) in [5, 5.41) is 0.309. The maximum Gasteiger partial charge on any atom is 0.360 e. The zero-order valence-corrected chi connectivity index (χ0v) is 9.36. The van der Waals surface area contributed by atoms with Crippen LogP contribution in [0, 0.1) is 0 Å². The Balaban J connectivity index is 3.21. The molecule has 1 rings (SSSR count). The van der Waals surface area contributed by atoms with Crippen molar-refractivity contribution in [1.82, 2.24) is 0 Å². The number of benzene rings is 1. The van der Waals surface area contributed by atoms with Crippen LogP contribution >= 0.6 is 7.60 Å². The van der Waals surface area contributed by atoms with Gasteiger partial charge in [0.1, 0.15) is 0 Å². The summed E-state index contributed by atoms with van der Waals surface area (Å²) in [5.41, 5.74) is 5.36. The molecule has 0 aliphatic carbocycles. The molecule has 0 spiro atoms. The summed E-state index contributed by atoms with van der Waals surface area (Å²) >= 11 is 0. The molecule has 2 N–H and O–H groups in total. The van der Waals surface area contributed by atoms with Crippen molar-refractivity contribution < 1.29 is 18.4 Å². The molecule has 82 valence electrons. The molecule has 1 aromatic rings. The number of carbonyl (C=O) groups excluding carboxylic acids is 1. The lowest BCUT2D eigenvalue weighted by Gasteiger charge is -2.13. The van der Waals surface area contributed by atoms with Crippen LogP contribution in [0.25, 0.3) is 0 Å². The molecule has 0 aliphatic rings. The van der Waals surface area contributed by atoms with Crippen LogP contribution in [0.5, 0.6) is 0 Å². The Hall–Kier alpha value is -1.16. The van der Waals surface area contributed by atoms with Gasteiger partial charge in [0.25, 0.3) is 0 Å². The van der Waals surface area contributed by atoms with E-state index in [0.29, 0.717) is 5.30 Å². The minimum absolute atomic E-state index is 0.266. The summed E-state index contributed by atoms with van der Waals surface area (Å²) in [4.78, 5) is 10.9. The summed E-state index contributed by atoms with van der Waals surface area (Å²) in [5.74, 6) is -0.587. The van der Waals surface area contributed by atoms with Gasteiger partial charge >= 0.3 is 7.60 Å². The van der Waals surface area contributed by atoms with Gasteiger partial charge in [0.15, 0.2) is 0 Å². The van der Waals surface area contributed by atoms with Crippen molar-refractivity contribution in [3.63, 3.8) is 0 Å². The SMILES string of the molecule is COP(=O)(OC)c1cccc(C(N)=O)c1. The number of hydrogen-bond acceptors (Lipinski definition) is 4. The van der Waals surface area contributed by atoms with Crippen LogP contribution in [0.3, 0.4) is 0 Å². The highest BCUT2D eigenvalue weighted by molar-refractivity contribution is 7.62. The molecule has 0 bridgehead atoms. The smallest absolute Gasteiger partial charge is 0.360 e. The molecular formula is C9H12NO4P. The molecular weight excluding hydrogens is 217 g/mol. The van der Waals surface area contributed by atoms with E-state index in [4.69, 9.17) is 14.8 Å². The van der Waals surface area contributed by atoms with E-state index >= 15 is 0 Å². The molecule has 0 aromatic heterocycles. The van der Waals surface area contributed by atoms with Gasteiger partial charge in [-0.3, -0.25) is 9.36 Å². The van der Waals surface area contributed by atoms with E-state index in [0.717, 1.165) is 0 Å². The highest BCUT2D eigenvalue weighted by atomic mass is 31.2. The van der Waals surface area contributed by atoms with E-state index in [2.05, 4.69) is 0 Å². The van der Waals surface area contributed by atoms with Crippen molar-refractivity contribution in [2.24, 2.45) is 5.73 Å². The number of primary amides is 1. The lowest BCUT2D eigenvalue weighted by molar-refractivity contribution is 0.100. The third-order valence-electron chi connectivity index (χ3n) is 1.93. The molecule has 0 atom stereocenters. The molecule has 6 heteroatoms. The van der Waals surface area contributed by atoms with Gasteiger partial charge in [-0.1, -0.05) is 6.07 Å². The quantitative estimate of drug-likeness (QED) is 0.778. The predicted octanol–water partition coefficient (Wildman–Crippen LogP) is 0.897. The first-order valence-electron chi connectivity index (χ1n) is 4.15. The Kier molecular flexibility index (Phi) is 3.63. The van der Waals surface area contributed by atoms with Gasteiger partial charge in [-0.15, -0.1) is 0 Å². The second kappa shape index (κ2) is 4.57. The molecule has 0 heterocycles. The van der Waals surface area contributed by atoms with Crippen LogP contribution in [0.4, 0.5) is 0 Å². The second-order valence-electron chi connectivity index (χ2n) is 2.78. The fraction of sp³-hybridized carbons (Fsp3) is 0.222. The standard InChI is InChI=1S/C9H12NO4P/c1-13-15(12,14-2)8-5-3-4-7(6-8)9(10)11/h3-6H,1-2H3,(H2,10,11). The lowest BCUT2D eigenvalue weighted by atomic mass is 10.2. The fourth-order valence-electron chi connectivity index (χ4n) is 1.11. The van der Waals surface area contributed by atoms with Crippen LogP contribution < -0.4 is 11.0 Å². The largest absolute Gasteiger partial charge is 0.366 e. The van der Waals surface area contributed by atoms with E-state index in [1.54, 1.807) is 12.1 Å². The highest BCUT2D eigenvalue weighted by Crippen LogP contribution is 2.44. The molecule has 1 amide bonds. The number of nitrogens with two attached hydrogens (primary N) is 1. The summed E-state index contributed by atoms with van der Waals surface area (Å²) < 4.78 is 21.5. The Morgan fingerprint density at radius 3 is 2.40 bits per heavy atom. The minimum Gasteiger partial charge on any atom is -0.366 e. The first-order valence-corrected chi connectivity index (χ1v) is 5.69. The summed E-state index contributed by atoms with van der Waals surface area (Å²) in [7, 11) is -0.750. The molecule has 0 aliphatic heterocycles. The summed E-state index contributed by atoms with van der Waals surface area (Å²) in [6.07, 6.45) is 0. The number of carbonyl (C=O) groups is 1. The van der Waals surface area contributed by atoms with Crippen molar-refractivity contribution in [3.8, 4) is 0 Å². The van der Waals surface area contributed by atoms with Crippen molar-refractivity contribution >= 4 is 18.8 Å². The van der Waals surface area contributed by atoms with Crippen molar-refractivity contribution in [3.05, 3.63) is 29.8 Å². The number of hydrogen-bond donors (Lipinski definition) is 1. The topological polar surface area (TPSA) is 78.6 Å². The van der Waals surface area contributed by atoms with Gasteiger partial charge in [-0.05, 0) is 18.2 Å². The lowest BCUT2D eigenvalue weighted by Crippen LogP contribution is -2.15. The Bertz CT molecular complexity index is 410. The normalized spacial score (nSPS) is 11.3. The molecule has 1 aromatic carbocycles. The van der Waals surface area contributed by atoms with E-state index in [1.807, 2.05) is 0 Å². The zero-order chi connectivity index (χ0) is 11.5. The predicted molar refractivity (Wildman–Crippen MR) is 56.2 cm³/mol. The number of rotatable bonds is 4. The zero-order valence-electron chi connectivity index (χ0n) is 8.47. The van der Waals surface area contributed by atoms with Gasteiger partial charge < -0.3 is 14.8 Å². The van der Waals surface area contributed by atoms with Crippen LogP contribution in [-0.4, -0.2) is 20.1 Å². The molecule has 15 heavy (non-hydrogen) atoms. The molecule has 0 saturated carbocycles. The maximum atomic E-state index is 11.9. The van der Waals surface area contributed by atoms with Crippen LogP contribution in [0.2, 0.25) is 0 Å². The van der Waals surface area contributed by atoms with Gasteiger partial charge in [-0.2, -0.15) is 0 Å². The first-order chi connectivity index (χ1) is 7.03. The molecule has 5 nitrogen and oxygen atoms in total. The minimum atomic E-state index is -3.31. The first kappa shape index (κ1) is 11.9. The Morgan fingerprint density at radius 1 is 1.33 bits per heavy atom. The van der Waals surface area contributed by atoms with Gasteiger partial charge in [0.2, 0.25) is 5.91 Å². The van der Waals surface area contributed by atoms with Crippen LogP contribution in [0.1, 0.15) is 10.4 Å².